The maximum atomic E-state index is 4.56. The third kappa shape index (κ3) is 2.63. The van der Waals surface area contributed by atoms with Crippen molar-refractivity contribution < 1.29 is 0 Å². The summed E-state index contributed by atoms with van der Waals surface area (Å²) in [5, 5.41) is 7.79. The van der Waals surface area contributed by atoms with Gasteiger partial charge in [0, 0.05) is 31.4 Å². The Balaban J connectivity index is 2.49. The highest BCUT2D eigenvalue weighted by atomic mass is 15.4. The van der Waals surface area contributed by atoms with Crippen LogP contribution in [0.5, 0.6) is 0 Å². The molecule has 4 nitrogen and oxygen atoms in total. The molecule has 0 aliphatic heterocycles. The van der Waals surface area contributed by atoms with E-state index in [1.165, 1.54) is 17.1 Å². The van der Waals surface area contributed by atoms with Gasteiger partial charge in [-0.2, -0.15) is 5.10 Å². The van der Waals surface area contributed by atoms with Gasteiger partial charge in [-0.25, -0.2) is 0 Å². The number of para-hydroxylation sites is 1. The molecule has 0 unspecified atom stereocenters. The highest BCUT2D eigenvalue weighted by molar-refractivity contribution is 5.64. The van der Waals surface area contributed by atoms with Gasteiger partial charge in [-0.15, -0.1) is 0 Å². The molecule has 19 heavy (non-hydrogen) atoms. The van der Waals surface area contributed by atoms with Crippen LogP contribution in [-0.4, -0.2) is 23.4 Å². The molecule has 2 aromatic rings. The first kappa shape index (κ1) is 13.6. The van der Waals surface area contributed by atoms with Crippen molar-refractivity contribution in [3.63, 3.8) is 0 Å². The van der Waals surface area contributed by atoms with E-state index in [0.29, 0.717) is 0 Å². The number of benzene rings is 1. The van der Waals surface area contributed by atoms with E-state index in [-0.39, 0.29) is 0 Å². The number of aryl methyl sites for hydroxylation is 2. The van der Waals surface area contributed by atoms with E-state index in [1.54, 1.807) is 0 Å². The van der Waals surface area contributed by atoms with Crippen LogP contribution < -0.4 is 10.2 Å². The SMILES string of the molecule is CCN(c1ccccc1)c1c(CNC)c(C)nn1C. The molecule has 1 aromatic heterocycles. The van der Waals surface area contributed by atoms with Gasteiger partial charge >= 0.3 is 0 Å². The third-order valence-corrected chi connectivity index (χ3v) is 3.31. The van der Waals surface area contributed by atoms with E-state index in [0.717, 1.165) is 18.8 Å². The Bertz CT molecular complexity index is 531. The van der Waals surface area contributed by atoms with Gasteiger partial charge in [0.05, 0.1) is 5.69 Å². The third-order valence-electron chi connectivity index (χ3n) is 3.31. The number of hydrogen-bond acceptors (Lipinski definition) is 3. The highest BCUT2D eigenvalue weighted by Gasteiger charge is 2.18. The van der Waals surface area contributed by atoms with Crippen molar-refractivity contribution in [1.82, 2.24) is 15.1 Å². The van der Waals surface area contributed by atoms with E-state index >= 15 is 0 Å². The zero-order chi connectivity index (χ0) is 13.8. The quantitative estimate of drug-likeness (QED) is 0.895. The van der Waals surface area contributed by atoms with Crippen LogP contribution in [0, 0.1) is 6.92 Å². The molecule has 0 spiro atoms. The van der Waals surface area contributed by atoms with Crippen molar-refractivity contribution in [3.8, 4) is 0 Å². The topological polar surface area (TPSA) is 33.1 Å². The molecule has 0 radical (unpaired) electrons. The molecule has 1 aromatic carbocycles. The van der Waals surface area contributed by atoms with Crippen LogP contribution in [0.2, 0.25) is 0 Å². The smallest absolute Gasteiger partial charge is 0.135 e. The zero-order valence-corrected chi connectivity index (χ0v) is 12.1. The average Bonchev–Trinajstić information content (AvgIpc) is 2.69. The fourth-order valence-corrected chi connectivity index (χ4v) is 2.47. The van der Waals surface area contributed by atoms with Gasteiger partial charge in [-0.3, -0.25) is 4.68 Å². The van der Waals surface area contributed by atoms with Crippen molar-refractivity contribution in [2.45, 2.75) is 20.4 Å². The van der Waals surface area contributed by atoms with E-state index in [1.807, 2.05) is 24.8 Å². The minimum atomic E-state index is 0.832. The molecular formula is C15H22N4. The maximum Gasteiger partial charge on any atom is 0.135 e. The minimum Gasteiger partial charge on any atom is -0.327 e. The van der Waals surface area contributed by atoms with Crippen LogP contribution >= 0.6 is 0 Å². The number of hydrogen-bond donors (Lipinski definition) is 1. The second kappa shape index (κ2) is 5.89. The molecule has 0 amide bonds. The Morgan fingerprint density at radius 2 is 1.95 bits per heavy atom. The lowest BCUT2D eigenvalue weighted by molar-refractivity contribution is 0.740. The highest BCUT2D eigenvalue weighted by Crippen LogP contribution is 2.29. The molecule has 0 atom stereocenters. The molecule has 1 N–H and O–H groups in total. The summed E-state index contributed by atoms with van der Waals surface area (Å²) in [6.45, 7) is 5.98. The lowest BCUT2D eigenvalue weighted by atomic mass is 10.2. The first-order valence-corrected chi connectivity index (χ1v) is 6.68. The summed E-state index contributed by atoms with van der Waals surface area (Å²) >= 11 is 0. The molecule has 0 saturated carbocycles. The summed E-state index contributed by atoms with van der Waals surface area (Å²) in [6, 6.07) is 10.4. The summed E-state index contributed by atoms with van der Waals surface area (Å²) in [5.41, 5.74) is 3.54. The van der Waals surface area contributed by atoms with Gasteiger partial charge in [0.2, 0.25) is 0 Å². The summed E-state index contributed by atoms with van der Waals surface area (Å²) in [7, 11) is 3.97. The zero-order valence-electron chi connectivity index (χ0n) is 12.1. The molecule has 0 bridgehead atoms. The molecule has 4 heteroatoms. The Labute approximate surface area is 115 Å². The second-order valence-electron chi connectivity index (χ2n) is 4.62. The standard InChI is InChI=1S/C15H22N4/c1-5-19(13-9-7-6-8-10-13)15-14(11-16-3)12(2)17-18(15)4/h6-10,16H,5,11H2,1-4H3. The molecule has 102 valence electrons. The number of rotatable bonds is 5. The fourth-order valence-electron chi connectivity index (χ4n) is 2.47. The lowest BCUT2D eigenvalue weighted by Crippen LogP contribution is -2.21. The normalized spacial score (nSPS) is 10.7. The summed E-state index contributed by atoms with van der Waals surface area (Å²) in [6.07, 6.45) is 0. The van der Waals surface area contributed by atoms with Gasteiger partial charge in [-0.1, -0.05) is 18.2 Å². The largest absolute Gasteiger partial charge is 0.327 e. The van der Waals surface area contributed by atoms with Crippen molar-refractivity contribution in [3.05, 3.63) is 41.6 Å². The Hall–Kier alpha value is -1.81. The fraction of sp³-hybridized carbons (Fsp3) is 0.400. The van der Waals surface area contributed by atoms with Crippen LogP contribution in [0.15, 0.2) is 30.3 Å². The molecule has 0 aliphatic carbocycles. The van der Waals surface area contributed by atoms with Crippen LogP contribution in [0.3, 0.4) is 0 Å². The Kier molecular flexibility index (Phi) is 4.22. The van der Waals surface area contributed by atoms with E-state index in [4.69, 9.17) is 0 Å². The Morgan fingerprint density at radius 3 is 2.53 bits per heavy atom. The second-order valence-corrected chi connectivity index (χ2v) is 4.62. The van der Waals surface area contributed by atoms with Crippen molar-refractivity contribution in [2.24, 2.45) is 7.05 Å². The van der Waals surface area contributed by atoms with E-state index < -0.39 is 0 Å². The van der Waals surface area contributed by atoms with Crippen molar-refractivity contribution in [1.29, 1.82) is 0 Å². The van der Waals surface area contributed by atoms with Crippen LogP contribution in [-0.2, 0) is 13.6 Å². The van der Waals surface area contributed by atoms with Crippen molar-refractivity contribution >= 4 is 11.5 Å². The van der Waals surface area contributed by atoms with E-state index in [9.17, 15) is 0 Å². The predicted octanol–water partition coefficient (Wildman–Crippen LogP) is 2.61. The lowest BCUT2D eigenvalue weighted by Gasteiger charge is -2.24. The summed E-state index contributed by atoms with van der Waals surface area (Å²) < 4.78 is 1.97. The van der Waals surface area contributed by atoms with Gasteiger partial charge < -0.3 is 10.2 Å². The molecule has 0 saturated heterocycles. The minimum absolute atomic E-state index is 0.832. The number of aromatic nitrogens is 2. The summed E-state index contributed by atoms with van der Waals surface area (Å²) in [5.74, 6) is 1.17. The van der Waals surface area contributed by atoms with E-state index in [2.05, 4.69) is 53.4 Å². The van der Waals surface area contributed by atoms with Crippen LogP contribution in [0.4, 0.5) is 11.5 Å². The van der Waals surface area contributed by atoms with Crippen LogP contribution in [0.25, 0.3) is 0 Å². The number of anilines is 2. The monoisotopic (exact) mass is 258 g/mol. The number of nitrogens with one attached hydrogen (secondary N) is 1. The number of nitrogens with zero attached hydrogens (tertiary/aromatic N) is 3. The van der Waals surface area contributed by atoms with Gasteiger partial charge in [0.25, 0.3) is 0 Å². The van der Waals surface area contributed by atoms with Gasteiger partial charge in [-0.05, 0) is 33.0 Å². The molecule has 2 rings (SSSR count). The van der Waals surface area contributed by atoms with Crippen molar-refractivity contribution in [2.75, 3.05) is 18.5 Å². The molecule has 0 fully saturated rings. The Morgan fingerprint density at radius 1 is 1.26 bits per heavy atom. The molecule has 0 aliphatic rings. The van der Waals surface area contributed by atoms with Gasteiger partial charge in [0.1, 0.15) is 5.82 Å². The first-order valence-electron chi connectivity index (χ1n) is 6.68. The molecule has 1 heterocycles. The van der Waals surface area contributed by atoms with Crippen LogP contribution in [0.1, 0.15) is 18.2 Å². The average molecular weight is 258 g/mol. The predicted molar refractivity (Wildman–Crippen MR) is 79.8 cm³/mol. The summed E-state index contributed by atoms with van der Waals surface area (Å²) in [4.78, 5) is 2.30. The molecular weight excluding hydrogens is 236 g/mol. The first-order chi connectivity index (χ1) is 9.19. The maximum absolute atomic E-state index is 4.56. The van der Waals surface area contributed by atoms with Gasteiger partial charge in [0.15, 0.2) is 0 Å².